The van der Waals surface area contributed by atoms with Gasteiger partial charge in [-0.05, 0) is 153 Å². The molecule has 476 valence electrons. The van der Waals surface area contributed by atoms with Crippen LogP contribution in [-0.2, 0) is 51.3 Å². The molecule has 0 aromatic heterocycles. The lowest BCUT2D eigenvalue weighted by atomic mass is 9.88. The first-order valence-corrected chi connectivity index (χ1v) is 35.5. The van der Waals surface area contributed by atoms with E-state index in [2.05, 4.69) is 54.2 Å². The van der Waals surface area contributed by atoms with Crippen LogP contribution in [0.3, 0.4) is 0 Å². The number of amides is 5. The number of hydrogen-bond acceptors (Lipinski definition) is 15. The summed E-state index contributed by atoms with van der Waals surface area (Å²) in [5.41, 5.74) is 18.4. The van der Waals surface area contributed by atoms with Crippen molar-refractivity contribution in [1.82, 2.24) is 20.3 Å². The minimum atomic E-state index is -4.24. The molecular formula is C66H83N7O13S2Si. The van der Waals surface area contributed by atoms with Gasteiger partial charge in [-0.2, -0.15) is 0 Å². The monoisotopic (exact) mass is 1270 g/mol. The van der Waals surface area contributed by atoms with Crippen molar-refractivity contribution in [2.24, 2.45) is 16.5 Å². The van der Waals surface area contributed by atoms with Gasteiger partial charge in [-0.3, -0.25) is 29.1 Å². The molecule has 89 heavy (non-hydrogen) atoms. The second-order valence-electron chi connectivity index (χ2n) is 25.3. The molecule has 0 spiro atoms. The van der Waals surface area contributed by atoms with E-state index in [9.17, 15) is 32.4 Å². The van der Waals surface area contributed by atoms with E-state index in [1.54, 1.807) is 57.4 Å². The average molecular weight is 1270 g/mol. The Balaban J connectivity index is 1.01. The van der Waals surface area contributed by atoms with Crippen molar-refractivity contribution in [3.8, 4) is 22.6 Å². The standard InChI is InChI=1S/C66H83N7O13S2Si/c1-38-39(2)58(40(3)43-30-32-66(7,8)85-55(38)43)88(79,80)72-63(68)69-33-18-25-51(71-64(78)83-37-50-46-21-14-12-19-44(46)45-20-13-15-22-47(45)50)59(75)70-35-52-56(82-36-41-26-28-42(81-9)29-27-41)57(86-89(10,11)65(4,5)6)54(62(84-52)87-34-31-53(67)74)73-60(76)48-23-16-17-24-49(48)61(73)77/h12-17,19-24,26-29,50-52,54,56-57,62H,18,25,30-37H2,1-11H3,(H2,67,74)(H,70,75)(H,71,78)(H3,68,69,72)/t51-,52+,54+,56+,57+,62-/m0/s1. The maximum Gasteiger partial charge on any atom is 0.407 e. The van der Waals surface area contributed by atoms with Crippen molar-refractivity contribution in [3.63, 3.8) is 0 Å². The topological polar surface area (TPSA) is 279 Å². The number of ether oxygens (including phenoxy) is 5. The number of primary amides is 1. The van der Waals surface area contributed by atoms with E-state index in [-0.39, 0.29) is 79.2 Å². The van der Waals surface area contributed by atoms with Gasteiger partial charge in [0.2, 0.25) is 17.8 Å². The van der Waals surface area contributed by atoms with Crippen molar-refractivity contribution in [2.45, 2.75) is 164 Å². The molecule has 1 aliphatic carbocycles. The van der Waals surface area contributed by atoms with Crippen molar-refractivity contribution >= 4 is 65.8 Å². The quantitative estimate of drug-likeness (QED) is 0.0134. The molecule has 5 aromatic rings. The van der Waals surface area contributed by atoms with E-state index in [1.807, 2.05) is 81.4 Å². The molecule has 0 saturated carbocycles. The Hall–Kier alpha value is -7.28. The zero-order valence-electron chi connectivity index (χ0n) is 52.5. The van der Waals surface area contributed by atoms with Crippen LogP contribution in [-0.4, -0.2) is 131 Å². The molecule has 0 bridgehead atoms. The number of methoxy groups -OCH3 is 1. The zero-order valence-corrected chi connectivity index (χ0v) is 55.2. The fraction of sp³-hybridized carbons (Fsp3) is 0.455. The van der Waals surface area contributed by atoms with Crippen molar-refractivity contribution in [1.29, 1.82) is 0 Å². The van der Waals surface area contributed by atoms with Crippen LogP contribution in [0, 0.1) is 20.8 Å². The summed E-state index contributed by atoms with van der Waals surface area (Å²) in [6, 6.07) is 27.3. The van der Waals surface area contributed by atoms with E-state index in [0.29, 0.717) is 35.5 Å². The third kappa shape index (κ3) is 14.5. The molecule has 20 nitrogen and oxygen atoms in total. The SMILES string of the molecule is COc1ccc(CO[C@H]2[C@H](O[Si](C)(C)C(C)(C)C)[C@@H](N3C(=O)c4ccccc4C3=O)[C@H](SCCC(N)=O)O[C@@H]2CNC(=O)[C@H](CCCN=C(N)NS(=O)(=O)c2c(C)c(C)c3c(c2C)CCC(C)(C)O3)NC(=O)OCC2c3ccccc3-c3ccccc32)cc1. The Morgan fingerprint density at radius 1 is 0.854 bits per heavy atom. The number of imide groups is 1. The highest BCUT2D eigenvalue weighted by molar-refractivity contribution is 7.99. The number of nitrogens with two attached hydrogens (primary N) is 2. The van der Waals surface area contributed by atoms with E-state index >= 15 is 0 Å². The van der Waals surface area contributed by atoms with Crippen LogP contribution in [0.25, 0.3) is 11.1 Å². The fourth-order valence-corrected chi connectivity index (χ4v) is 15.9. The van der Waals surface area contributed by atoms with Crippen molar-refractivity contribution in [2.75, 3.05) is 32.6 Å². The number of fused-ring (bicyclic) bond motifs is 5. The molecule has 0 unspecified atom stereocenters. The van der Waals surface area contributed by atoms with Gasteiger partial charge < -0.3 is 50.2 Å². The van der Waals surface area contributed by atoms with Crippen LogP contribution in [0.2, 0.25) is 18.1 Å². The predicted molar refractivity (Wildman–Crippen MR) is 344 cm³/mol. The fourth-order valence-electron chi connectivity index (χ4n) is 11.8. The van der Waals surface area contributed by atoms with Crippen LogP contribution in [0.5, 0.6) is 11.5 Å². The largest absolute Gasteiger partial charge is 0.497 e. The second-order valence-corrected chi connectivity index (χ2v) is 32.9. The summed E-state index contributed by atoms with van der Waals surface area (Å²) in [6.45, 7) is 19.3. The number of carbonyl (C=O) groups excluding carboxylic acids is 5. The number of carbonyl (C=O) groups is 5. The van der Waals surface area contributed by atoms with Gasteiger partial charge in [0.1, 0.15) is 53.4 Å². The molecule has 3 aliphatic heterocycles. The normalized spacial score (nSPS) is 20.1. The minimum Gasteiger partial charge on any atom is -0.497 e. The Morgan fingerprint density at radius 2 is 1.46 bits per heavy atom. The summed E-state index contributed by atoms with van der Waals surface area (Å²) >= 11 is 1.19. The molecule has 5 aromatic carbocycles. The molecule has 0 radical (unpaired) electrons. The maximum absolute atomic E-state index is 15.0. The Morgan fingerprint density at radius 3 is 2.06 bits per heavy atom. The van der Waals surface area contributed by atoms with Gasteiger partial charge in [0, 0.05) is 31.2 Å². The Bertz CT molecular complexity index is 3570. The summed E-state index contributed by atoms with van der Waals surface area (Å²) in [7, 11) is -5.56. The molecule has 3 heterocycles. The van der Waals surface area contributed by atoms with Gasteiger partial charge in [-0.15, -0.1) is 11.8 Å². The number of hydrogen-bond donors (Lipinski definition) is 5. The van der Waals surface area contributed by atoms with Gasteiger partial charge in [-0.1, -0.05) is 93.6 Å². The number of nitrogens with zero attached hydrogens (tertiary/aromatic N) is 2. The van der Waals surface area contributed by atoms with E-state index in [1.165, 1.54) is 16.7 Å². The highest BCUT2D eigenvalue weighted by Gasteiger charge is 2.57. The third-order valence-corrected chi connectivity index (χ3v) is 25.0. The molecule has 4 aliphatic rings. The van der Waals surface area contributed by atoms with E-state index in [4.69, 9.17) is 39.6 Å². The van der Waals surface area contributed by atoms with Crippen LogP contribution in [0.15, 0.2) is 107 Å². The summed E-state index contributed by atoms with van der Waals surface area (Å²) in [5, 5.41) is 5.42. The van der Waals surface area contributed by atoms with Crippen molar-refractivity contribution in [3.05, 3.63) is 147 Å². The number of rotatable bonds is 23. The molecule has 6 atom stereocenters. The second kappa shape index (κ2) is 27.0. The summed E-state index contributed by atoms with van der Waals surface area (Å²) in [5.74, 6) is -1.50. The van der Waals surface area contributed by atoms with Crippen LogP contribution < -0.4 is 36.3 Å². The molecule has 1 saturated heterocycles. The first-order valence-electron chi connectivity index (χ1n) is 30.1. The molecule has 7 N–H and O–H groups in total. The number of alkyl carbamates (subject to hydrolysis) is 1. The molecular weight excluding hydrogens is 1190 g/mol. The van der Waals surface area contributed by atoms with Crippen LogP contribution in [0.1, 0.15) is 126 Å². The first-order chi connectivity index (χ1) is 42.1. The Labute approximate surface area is 527 Å². The maximum atomic E-state index is 15.0. The highest BCUT2D eigenvalue weighted by atomic mass is 32.2. The molecule has 9 rings (SSSR count). The minimum absolute atomic E-state index is 0.000452. The number of aliphatic imine (C=N–C) groups is 1. The molecule has 23 heteroatoms. The number of sulfonamides is 1. The third-order valence-electron chi connectivity index (χ3n) is 17.7. The predicted octanol–water partition coefficient (Wildman–Crippen LogP) is 9.09. The number of thioether (sulfide) groups is 1. The lowest BCUT2D eigenvalue weighted by Gasteiger charge is -2.52. The van der Waals surface area contributed by atoms with Gasteiger partial charge in [0.15, 0.2) is 8.32 Å². The van der Waals surface area contributed by atoms with Gasteiger partial charge in [-0.25, -0.2) is 17.9 Å². The number of benzene rings is 5. The van der Waals surface area contributed by atoms with Crippen LogP contribution >= 0.6 is 11.8 Å². The smallest absolute Gasteiger partial charge is 0.407 e. The average Bonchev–Trinajstić information content (AvgIpc) is 1.73. The lowest BCUT2D eigenvalue weighted by Crippen LogP contribution is -2.68. The zero-order chi connectivity index (χ0) is 64.3. The van der Waals surface area contributed by atoms with Gasteiger partial charge in [0.25, 0.3) is 21.8 Å². The lowest BCUT2D eigenvalue weighted by molar-refractivity contribution is -0.189. The number of nitrogens with one attached hydrogen (secondary N) is 3. The highest BCUT2D eigenvalue weighted by Crippen LogP contribution is 2.47. The van der Waals surface area contributed by atoms with E-state index in [0.717, 1.165) is 38.9 Å². The summed E-state index contributed by atoms with van der Waals surface area (Å²) in [6.07, 6.45) is -2.68. The molecule has 5 amide bonds. The van der Waals surface area contributed by atoms with Crippen LogP contribution in [0.4, 0.5) is 4.79 Å². The van der Waals surface area contributed by atoms with E-state index < -0.39 is 94.5 Å². The summed E-state index contributed by atoms with van der Waals surface area (Å²) < 4.78 is 69.8. The van der Waals surface area contributed by atoms with Crippen molar-refractivity contribution < 1.29 is 60.5 Å². The first kappa shape index (κ1) is 66.1. The molecule has 1 fully saturated rings. The number of guanidine groups is 1. The van der Waals surface area contributed by atoms with Gasteiger partial charge >= 0.3 is 6.09 Å². The Kier molecular flexibility index (Phi) is 20.1. The summed E-state index contributed by atoms with van der Waals surface area (Å²) in [4.78, 5) is 76.4. The van der Waals surface area contributed by atoms with Gasteiger partial charge in [0.05, 0.1) is 35.8 Å².